The molecule has 3 atom stereocenters. The molecule has 1 aliphatic heterocycles. The summed E-state index contributed by atoms with van der Waals surface area (Å²) in [5, 5.41) is 0. The largest absolute Gasteiger partial charge is 0.292 e. The van der Waals surface area contributed by atoms with E-state index in [4.69, 9.17) is 0 Å². The first-order chi connectivity index (χ1) is 4.66. The maximum atomic E-state index is 3.79. The second-order valence-electron chi connectivity index (χ2n) is 3.36. The van der Waals surface area contributed by atoms with Crippen LogP contribution in [0.15, 0.2) is 12.7 Å². The molecule has 10 heavy (non-hydrogen) atoms. The third-order valence-corrected chi connectivity index (χ3v) is 2.51. The van der Waals surface area contributed by atoms with Crippen LogP contribution in [0.4, 0.5) is 0 Å². The normalized spacial score (nSPS) is 36.7. The summed E-state index contributed by atoms with van der Waals surface area (Å²) in [6, 6.07) is 2.09. The van der Waals surface area contributed by atoms with Crippen molar-refractivity contribution < 1.29 is 0 Å². The van der Waals surface area contributed by atoms with Crippen molar-refractivity contribution in [2.24, 2.45) is 0 Å². The minimum atomic E-state index is 0.554. The Morgan fingerprint density at radius 1 is 1.50 bits per heavy atom. The van der Waals surface area contributed by atoms with Gasteiger partial charge in [0.05, 0.1) is 0 Å². The van der Waals surface area contributed by atoms with Crippen LogP contribution >= 0.6 is 0 Å². The van der Waals surface area contributed by atoms with Gasteiger partial charge in [-0.15, -0.1) is 6.58 Å². The summed E-state index contributed by atoms with van der Waals surface area (Å²) >= 11 is 0. The lowest BCUT2D eigenvalue weighted by Crippen LogP contribution is -2.56. The van der Waals surface area contributed by atoms with Gasteiger partial charge in [0.1, 0.15) is 0 Å². The molecule has 1 nitrogen and oxygen atoms in total. The SMILES string of the molecule is C=CC(C)N1C(C)CC1C. The molecule has 0 amide bonds. The highest BCUT2D eigenvalue weighted by atomic mass is 15.3. The van der Waals surface area contributed by atoms with Crippen LogP contribution in [-0.2, 0) is 0 Å². The molecule has 1 aliphatic rings. The molecule has 0 aromatic heterocycles. The maximum Gasteiger partial charge on any atom is 0.0252 e. The molecule has 1 saturated heterocycles. The fourth-order valence-corrected chi connectivity index (χ4v) is 1.96. The highest BCUT2D eigenvalue weighted by Gasteiger charge is 2.33. The molecule has 58 valence electrons. The van der Waals surface area contributed by atoms with Crippen LogP contribution in [0.25, 0.3) is 0 Å². The highest BCUT2D eigenvalue weighted by molar-refractivity contribution is 4.96. The van der Waals surface area contributed by atoms with Crippen molar-refractivity contribution in [2.75, 3.05) is 0 Å². The van der Waals surface area contributed by atoms with Crippen molar-refractivity contribution in [3.63, 3.8) is 0 Å². The van der Waals surface area contributed by atoms with Gasteiger partial charge in [-0.3, -0.25) is 4.90 Å². The number of likely N-dealkylation sites (tertiary alicyclic amines) is 1. The lowest BCUT2D eigenvalue weighted by molar-refractivity contribution is 0.0179. The zero-order valence-corrected chi connectivity index (χ0v) is 7.17. The molecule has 0 N–H and O–H groups in total. The molecule has 0 aromatic carbocycles. The lowest BCUT2D eigenvalue weighted by atomic mass is 9.93. The molecule has 0 bridgehead atoms. The van der Waals surface area contributed by atoms with Crippen molar-refractivity contribution in [3.05, 3.63) is 12.7 Å². The van der Waals surface area contributed by atoms with Gasteiger partial charge in [-0.25, -0.2) is 0 Å². The van der Waals surface area contributed by atoms with E-state index < -0.39 is 0 Å². The molecule has 0 aromatic rings. The Kier molecular flexibility index (Phi) is 2.14. The zero-order chi connectivity index (χ0) is 7.72. The summed E-state index contributed by atoms with van der Waals surface area (Å²) in [7, 11) is 0. The van der Waals surface area contributed by atoms with Crippen LogP contribution in [-0.4, -0.2) is 23.0 Å². The number of nitrogens with zero attached hydrogens (tertiary/aromatic N) is 1. The molecule has 0 radical (unpaired) electrons. The first-order valence-corrected chi connectivity index (χ1v) is 4.06. The predicted octanol–water partition coefficient (Wildman–Crippen LogP) is 2.04. The van der Waals surface area contributed by atoms with Crippen LogP contribution < -0.4 is 0 Å². The Morgan fingerprint density at radius 3 is 2.20 bits per heavy atom. The van der Waals surface area contributed by atoms with Crippen LogP contribution in [0.1, 0.15) is 27.2 Å². The molecule has 1 heterocycles. The first-order valence-electron chi connectivity index (χ1n) is 4.06. The second-order valence-corrected chi connectivity index (χ2v) is 3.36. The number of rotatable bonds is 2. The van der Waals surface area contributed by atoms with E-state index in [0.717, 1.165) is 12.1 Å². The van der Waals surface area contributed by atoms with Gasteiger partial charge in [0.15, 0.2) is 0 Å². The topological polar surface area (TPSA) is 3.24 Å². The van der Waals surface area contributed by atoms with E-state index in [2.05, 4.69) is 32.3 Å². The minimum absolute atomic E-state index is 0.554. The van der Waals surface area contributed by atoms with Gasteiger partial charge in [-0.05, 0) is 27.2 Å². The van der Waals surface area contributed by atoms with E-state index in [0.29, 0.717) is 6.04 Å². The molecule has 0 aliphatic carbocycles. The van der Waals surface area contributed by atoms with Crippen molar-refractivity contribution >= 4 is 0 Å². The minimum Gasteiger partial charge on any atom is -0.292 e. The van der Waals surface area contributed by atoms with Gasteiger partial charge >= 0.3 is 0 Å². The molecular weight excluding hydrogens is 122 g/mol. The highest BCUT2D eigenvalue weighted by Crippen LogP contribution is 2.27. The van der Waals surface area contributed by atoms with Crippen molar-refractivity contribution in [1.29, 1.82) is 0 Å². The number of hydrogen-bond acceptors (Lipinski definition) is 1. The maximum absolute atomic E-state index is 3.79. The molecule has 1 fully saturated rings. The van der Waals surface area contributed by atoms with Gasteiger partial charge in [0.25, 0.3) is 0 Å². The average molecular weight is 139 g/mol. The molecule has 1 rings (SSSR count). The van der Waals surface area contributed by atoms with Gasteiger partial charge in [0, 0.05) is 18.1 Å². The van der Waals surface area contributed by atoms with E-state index in [1.54, 1.807) is 0 Å². The van der Waals surface area contributed by atoms with Gasteiger partial charge in [0.2, 0.25) is 0 Å². The van der Waals surface area contributed by atoms with Crippen molar-refractivity contribution in [1.82, 2.24) is 4.90 Å². The quantitative estimate of drug-likeness (QED) is 0.529. The zero-order valence-electron chi connectivity index (χ0n) is 7.17. The monoisotopic (exact) mass is 139 g/mol. The van der Waals surface area contributed by atoms with E-state index >= 15 is 0 Å². The summed E-state index contributed by atoms with van der Waals surface area (Å²) < 4.78 is 0. The summed E-state index contributed by atoms with van der Waals surface area (Å²) in [5.74, 6) is 0. The van der Waals surface area contributed by atoms with Crippen LogP contribution in [0.2, 0.25) is 0 Å². The van der Waals surface area contributed by atoms with Crippen molar-refractivity contribution in [2.45, 2.75) is 45.3 Å². The Labute approximate surface area is 63.7 Å². The molecule has 1 heteroatoms. The fourth-order valence-electron chi connectivity index (χ4n) is 1.96. The summed E-state index contributed by atoms with van der Waals surface area (Å²) in [6.07, 6.45) is 3.37. The summed E-state index contributed by atoms with van der Waals surface area (Å²) in [5.41, 5.74) is 0. The van der Waals surface area contributed by atoms with E-state index in [9.17, 15) is 0 Å². The van der Waals surface area contributed by atoms with Gasteiger partial charge in [-0.2, -0.15) is 0 Å². The van der Waals surface area contributed by atoms with E-state index in [1.165, 1.54) is 6.42 Å². The second kappa shape index (κ2) is 2.75. The Balaban J connectivity index is 2.46. The molecule has 0 spiro atoms. The fraction of sp³-hybridized carbons (Fsp3) is 0.778. The third kappa shape index (κ3) is 1.10. The average Bonchev–Trinajstić information content (AvgIpc) is 1.87. The van der Waals surface area contributed by atoms with E-state index in [1.807, 2.05) is 6.08 Å². The van der Waals surface area contributed by atoms with Gasteiger partial charge < -0.3 is 0 Å². The van der Waals surface area contributed by atoms with Crippen LogP contribution in [0, 0.1) is 0 Å². The first kappa shape index (κ1) is 7.80. The Morgan fingerprint density at radius 2 is 2.00 bits per heavy atom. The Hall–Kier alpha value is -0.300. The van der Waals surface area contributed by atoms with Gasteiger partial charge in [-0.1, -0.05) is 6.08 Å². The summed E-state index contributed by atoms with van der Waals surface area (Å²) in [6.45, 7) is 10.6. The standard InChI is InChI=1S/C9H17N/c1-5-7(2)10-8(3)6-9(10)4/h5,7-9H,1,6H2,2-4H3. The molecule has 0 saturated carbocycles. The predicted molar refractivity (Wildman–Crippen MR) is 45.0 cm³/mol. The smallest absolute Gasteiger partial charge is 0.0252 e. The summed E-state index contributed by atoms with van der Waals surface area (Å²) in [4.78, 5) is 2.49. The third-order valence-electron chi connectivity index (χ3n) is 2.51. The van der Waals surface area contributed by atoms with E-state index in [-0.39, 0.29) is 0 Å². The molecular formula is C9H17N. The van der Waals surface area contributed by atoms with Crippen LogP contribution in [0.5, 0.6) is 0 Å². The van der Waals surface area contributed by atoms with Crippen molar-refractivity contribution in [3.8, 4) is 0 Å². The molecule has 3 unspecified atom stereocenters. The lowest BCUT2D eigenvalue weighted by Gasteiger charge is -2.48. The Bertz CT molecular complexity index is 123. The number of hydrogen-bond donors (Lipinski definition) is 0. The van der Waals surface area contributed by atoms with Crippen LogP contribution in [0.3, 0.4) is 0 Å².